The third kappa shape index (κ3) is 2.89. The molecule has 84 valence electrons. The molecule has 0 fully saturated rings. The predicted molar refractivity (Wildman–Crippen MR) is 69.0 cm³/mol. The van der Waals surface area contributed by atoms with Crippen LogP contribution in [0, 0.1) is 0 Å². The molecule has 1 aromatic rings. The van der Waals surface area contributed by atoms with Crippen LogP contribution in [0.2, 0.25) is 0 Å². The Hall–Kier alpha value is -0.740. The Kier molecular flexibility index (Phi) is 4.07. The van der Waals surface area contributed by atoms with E-state index in [-0.39, 0.29) is 4.58 Å². The third-order valence-corrected chi connectivity index (χ3v) is 5.01. The van der Waals surface area contributed by atoms with E-state index in [2.05, 4.69) is 18.2 Å². The number of hydrogen-bond donors (Lipinski definition) is 0. The molecule has 2 rings (SSSR count). The van der Waals surface area contributed by atoms with E-state index in [1.165, 1.54) is 16.7 Å². The lowest BCUT2D eigenvalue weighted by molar-refractivity contribution is -0.106. The zero-order chi connectivity index (χ0) is 11.4. The van der Waals surface area contributed by atoms with Gasteiger partial charge in [0.1, 0.15) is 12.6 Å². The summed E-state index contributed by atoms with van der Waals surface area (Å²) < 4.78 is 0.196. The Morgan fingerprint density at radius 1 is 1.12 bits per heavy atom. The first-order valence-corrected chi connectivity index (χ1v) is 7.17. The molecule has 0 saturated heterocycles. The second-order valence-corrected chi connectivity index (χ2v) is 6.11. The fraction of sp³-hybridized carbons (Fsp3) is 0.333. The van der Waals surface area contributed by atoms with E-state index < -0.39 is 0 Å². The van der Waals surface area contributed by atoms with E-state index in [4.69, 9.17) is 0 Å². The molecule has 0 atom stereocenters. The largest absolute Gasteiger partial charge is 0.302 e. The number of fused-ring (bicyclic) bond motifs is 1. The lowest BCUT2D eigenvalue weighted by atomic mass is 10.2. The van der Waals surface area contributed by atoms with Crippen molar-refractivity contribution >= 4 is 36.1 Å². The van der Waals surface area contributed by atoms with Gasteiger partial charge in [-0.05, 0) is 23.1 Å². The van der Waals surface area contributed by atoms with Crippen molar-refractivity contribution in [1.29, 1.82) is 0 Å². The molecule has 0 radical (unpaired) electrons. The van der Waals surface area contributed by atoms with Gasteiger partial charge in [-0.1, -0.05) is 18.2 Å². The number of aldehydes is 2. The molecule has 4 heteroatoms. The third-order valence-electron chi connectivity index (χ3n) is 2.39. The van der Waals surface area contributed by atoms with Crippen LogP contribution in [0.4, 0.5) is 0 Å². The summed E-state index contributed by atoms with van der Waals surface area (Å²) in [6.45, 7) is 0. The topological polar surface area (TPSA) is 34.1 Å². The Morgan fingerprint density at radius 3 is 2.38 bits per heavy atom. The van der Waals surface area contributed by atoms with Gasteiger partial charge >= 0.3 is 0 Å². The zero-order valence-electron chi connectivity index (χ0n) is 8.72. The minimum absolute atomic E-state index is 0.196. The van der Waals surface area contributed by atoms with Gasteiger partial charge in [0.2, 0.25) is 0 Å². The van der Waals surface area contributed by atoms with Crippen LogP contribution in [0.25, 0.3) is 0 Å². The van der Waals surface area contributed by atoms with Gasteiger partial charge in [-0.15, -0.1) is 23.5 Å². The molecule has 0 unspecified atom stereocenters. The molecule has 2 nitrogen and oxygen atoms in total. The van der Waals surface area contributed by atoms with Crippen molar-refractivity contribution < 1.29 is 9.59 Å². The van der Waals surface area contributed by atoms with Gasteiger partial charge in [0.05, 0.1) is 16.1 Å². The highest BCUT2D eigenvalue weighted by atomic mass is 32.2. The van der Waals surface area contributed by atoms with E-state index in [0.717, 1.165) is 19.0 Å². The van der Waals surface area contributed by atoms with Crippen LogP contribution in [0.5, 0.6) is 0 Å². The smallest absolute Gasteiger partial charge is 0.129 e. The van der Waals surface area contributed by atoms with Crippen molar-refractivity contribution in [3.63, 3.8) is 0 Å². The SMILES string of the molecule is O=CCSC(SCC=O)c1ccc2c(c1)C2. The molecular formula is C12H12O2S2. The number of benzene rings is 1. The summed E-state index contributed by atoms with van der Waals surface area (Å²) >= 11 is 3.16. The van der Waals surface area contributed by atoms with Crippen LogP contribution in [-0.2, 0) is 16.0 Å². The molecule has 0 aromatic heterocycles. The van der Waals surface area contributed by atoms with Gasteiger partial charge in [0.25, 0.3) is 0 Å². The molecule has 1 aromatic carbocycles. The molecule has 1 aliphatic rings. The summed E-state index contributed by atoms with van der Waals surface area (Å²) in [5.41, 5.74) is 4.04. The predicted octanol–water partition coefficient (Wildman–Crippen LogP) is 2.45. The highest BCUT2D eigenvalue weighted by molar-refractivity contribution is 8.16. The molecule has 0 heterocycles. The van der Waals surface area contributed by atoms with Gasteiger partial charge in [-0.3, -0.25) is 0 Å². The monoisotopic (exact) mass is 252 g/mol. The van der Waals surface area contributed by atoms with E-state index in [1.807, 2.05) is 0 Å². The highest BCUT2D eigenvalue weighted by Gasteiger charge is 2.20. The fourth-order valence-electron chi connectivity index (χ4n) is 1.56. The maximum absolute atomic E-state index is 10.4. The second kappa shape index (κ2) is 5.55. The molecule has 16 heavy (non-hydrogen) atoms. The molecular weight excluding hydrogens is 240 g/mol. The van der Waals surface area contributed by atoms with Crippen molar-refractivity contribution in [3.8, 4) is 0 Å². The maximum atomic E-state index is 10.4. The van der Waals surface area contributed by atoms with Crippen molar-refractivity contribution in [1.82, 2.24) is 0 Å². The summed E-state index contributed by atoms with van der Waals surface area (Å²) in [6.07, 6.45) is 2.92. The summed E-state index contributed by atoms with van der Waals surface area (Å²) in [7, 11) is 0. The van der Waals surface area contributed by atoms with E-state index in [9.17, 15) is 9.59 Å². The first-order chi connectivity index (χ1) is 7.85. The molecule has 0 spiro atoms. The van der Waals surface area contributed by atoms with Crippen LogP contribution in [0.3, 0.4) is 0 Å². The minimum Gasteiger partial charge on any atom is -0.302 e. The fourth-order valence-corrected chi connectivity index (χ4v) is 3.60. The highest BCUT2D eigenvalue weighted by Crippen LogP contribution is 2.41. The first-order valence-electron chi connectivity index (χ1n) is 5.07. The molecule has 0 amide bonds. The molecule has 0 N–H and O–H groups in total. The lowest BCUT2D eigenvalue weighted by Crippen LogP contribution is -1.94. The van der Waals surface area contributed by atoms with Crippen molar-refractivity contribution in [2.45, 2.75) is 11.0 Å². The van der Waals surface area contributed by atoms with Crippen LogP contribution in [0.15, 0.2) is 18.2 Å². The Bertz CT molecular complexity index is 392. The van der Waals surface area contributed by atoms with Crippen molar-refractivity contribution in [2.24, 2.45) is 0 Å². The number of carbonyl (C=O) groups is 2. The number of thioether (sulfide) groups is 2. The van der Waals surface area contributed by atoms with E-state index >= 15 is 0 Å². The summed E-state index contributed by atoms with van der Waals surface area (Å²) in [4.78, 5) is 20.8. The van der Waals surface area contributed by atoms with Crippen LogP contribution < -0.4 is 0 Å². The van der Waals surface area contributed by atoms with Crippen molar-refractivity contribution in [3.05, 3.63) is 34.9 Å². The first kappa shape index (κ1) is 11.7. The van der Waals surface area contributed by atoms with Crippen molar-refractivity contribution in [2.75, 3.05) is 11.5 Å². The maximum Gasteiger partial charge on any atom is 0.129 e. The average Bonchev–Trinajstić information content (AvgIpc) is 3.07. The molecule has 0 saturated carbocycles. The summed E-state index contributed by atoms with van der Waals surface area (Å²) in [6, 6.07) is 6.43. The Morgan fingerprint density at radius 2 is 1.81 bits per heavy atom. The van der Waals surface area contributed by atoms with Crippen LogP contribution in [0.1, 0.15) is 21.3 Å². The number of hydrogen-bond acceptors (Lipinski definition) is 4. The minimum atomic E-state index is 0.196. The average molecular weight is 252 g/mol. The van der Waals surface area contributed by atoms with E-state index in [1.54, 1.807) is 23.5 Å². The van der Waals surface area contributed by atoms with Gasteiger partial charge in [0, 0.05) is 0 Å². The Balaban J connectivity index is 2.04. The van der Waals surface area contributed by atoms with Gasteiger partial charge in [-0.25, -0.2) is 0 Å². The molecule has 0 bridgehead atoms. The second-order valence-electron chi connectivity index (χ2n) is 3.54. The molecule has 0 aliphatic heterocycles. The number of rotatable bonds is 7. The molecule has 1 aliphatic carbocycles. The van der Waals surface area contributed by atoms with E-state index in [0.29, 0.717) is 11.5 Å². The summed E-state index contributed by atoms with van der Waals surface area (Å²) in [5, 5.41) is 0. The lowest BCUT2D eigenvalue weighted by Gasteiger charge is -2.13. The quantitative estimate of drug-likeness (QED) is 0.560. The number of carbonyl (C=O) groups excluding carboxylic acids is 2. The van der Waals surface area contributed by atoms with Gasteiger partial charge in [0.15, 0.2) is 0 Å². The Labute approximate surface area is 103 Å². The van der Waals surface area contributed by atoms with Gasteiger partial charge in [-0.2, -0.15) is 0 Å². The van der Waals surface area contributed by atoms with Crippen LogP contribution in [-0.4, -0.2) is 24.1 Å². The normalized spacial score (nSPS) is 12.3. The summed E-state index contributed by atoms with van der Waals surface area (Å²) in [5.74, 6) is 0.960. The van der Waals surface area contributed by atoms with Crippen LogP contribution >= 0.6 is 23.5 Å². The van der Waals surface area contributed by atoms with Gasteiger partial charge < -0.3 is 9.59 Å². The zero-order valence-corrected chi connectivity index (χ0v) is 10.4. The standard InChI is InChI=1S/C12H12O2S2/c13-3-5-15-12(16-6-4-14)10-2-1-9-7-11(9)8-10/h1-4,8,12H,5-7H2.